The zero-order chi connectivity index (χ0) is 43.0. The third kappa shape index (κ3) is 18.7. The molecule has 336 valence electrons. The van der Waals surface area contributed by atoms with Crippen LogP contribution < -0.4 is 20.5 Å². The number of nitrogens with zero attached hydrogens (tertiary/aromatic N) is 3. The minimum absolute atomic E-state index is 0. The maximum atomic E-state index is 11.8. The van der Waals surface area contributed by atoms with Crippen LogP contribution in [0.3, 0.4) is 0 Å². The second kappa shape index (κ2) is 26.1. The summed E-state index contributed by atoms with van der Waals surface area (Å²) >= 11 is 8.89. The first-order valence-corrected chi connectivity index (χ1v) is 26.0. The number of anilines is 1. The molecule has 0 spiro atoms. The van der Waals surface area contributed by atoms with Crippen molar-refractivity contribution in [1.29, 1.82) is 0 Å². The molecule has 6 rings (SSSR count). The molecule has 2 fully saturated rings. The average Bonchev–Trinajstić information content (AvgIpc) is 3.77. The largest absolute Gasteiger partial charge is 0.359 e. The molecule has 0 aliphatic heterocycles. The number of nitrogens with one attached hydrogen (secondary N) is 3. The van der Waals surface area contributed by atoms with Crippen molar-refractivity contribution in [3.05, 3.63) is 53.0 Å². The second-order valence-corrected chi connectivity index (χ2v) is 23.8. The van der Waals surface area contributed by atoms with Gasteiger partial charge in [-0.1, -0.05) is 54.1 Å². The van der Waals surface area contributed by atoms with Gasteiger partial charge in [-0.3, -0.25) is 4.90 Å². The molecular formula is C42H71Cl2N7O4S4. The van der Waals surface area contributed by atoms with Crippen LogP contribution in [-0.4, -0.2) is 86.0 Å². The molecule has 5 N–H and O–H groups in total. The molecule has 2 saturated carbocycles. The molecule has 0 unspecified atom stereocenters. The van der Waals surface area contributed by atoms with Gasteiger partial charge in [-0.15, -0.1) is 23.7 Å². The van der Waals surface area contributed by atoms with Gasteiger partial charge in [-0.2, -0.15) is 0 Å². The number of benzene rings is 2. The lowest BCUT2D eigenvalue weighted by Crippen LogP contribution is -2.37. The van der Waals surface area contributed by atoms with E-state index in [2.05, 4.69) is 70.3 Å². The third-order valence-corrected chi connectivity index (χ3v) is 16.4. The quantitative estimate of drug-likeness (QED) is 0.102. The van der Waals surface area contributed by atoms with Gasteiger partial charge in [0.2, 0.25) is 20.0 Å². The van der Waals surface area contributed by atoms with E-state index in [1.807, 2.05) is 42.5 Å². The summed E-state index contributed by atoms with van der Waals surface area (Å²) in [5.74, 6) is 0.908. The first kappa shape index (κ1) is 53.5. The SMILES string of the molecule is CC(C)S(=O)(=O)NCC1CCC(N)CC1.CC(C)S(=O)(=O)NCC1CCC(Nc2nc3ccccc3s2)CC1.CCN(C(C)C)C(C)C.Cl.Clc1nc2ccccc2s1. The number of hydrogen-bond acceptors (Lipinski definition) is 11. The van der Waals surface area contributed by atoms with Gasteiger partial charge < -0.3 is 11.1 Å². The van der Waals surface area contributed by atoms with Crippen LogP contribution in [0.4, 0.5) is 5.13 Å². The summed E-state index contributed by atoms with van der Waals surface area (Å²) in [6.07, 6.45) is 8.34. The number of para-hydroxylation sites is 2. The Hall–Kier alpha value is -1.66. The topological polar surface area (TPSA) is 159 Å². The number of halogens is 2. The van der Waals surface area contributed by atoms with E-state index in [1.54, 1.807) is 39.0 Å². The van der Waals surface area contributed by atoms with Crippen molar-refractivity contribution in [3.8, 4) is 0 Å². The van der Waals surface area contributed by atoms with E-state index in [4.69, 9.17) is 17.3 Å². The van der Waals surface area contributed by atoms with Crippen LogP contribution in [-0.2, 0) is 20.0 Å². The highest BCUT2D eigenvalue weighted by Gasteiger charge is 2.25. The van der Waals surface area contributed by atoms with Crippen molar-refractivity contribution >= 4 is 92.3 Å². The number of aromatic nitrogens is 2. The van der Waals surface area contributed by atoms with Gasteiger partial charge in [0.25, 0.3) is 0 Å². The second-order valence-electron chi connectivity index (χ2n) is 16.5. The summed E-state index contributed by atoms with van der Waals surface area (Å²) < 4.78 is 55.1. The van der Waals surface area contributed by atoms with E-state index in [9.17, 15) is 16.8 Å². The van der Waals surface area contributed by atoms with Crippen molar-refractivity contribution in [2.75, 3.05) is 25.0 Å². The summed E-state index contributed by atoms with van der Waals surface area (Å²) in [6.45, 7) is 20.3. The lowest BCUT2D eigenvalue weighted by Gasteiger charge is -2.29. The van der Waals surface area contributed by atoms with Crippen molar-refractivity contribution < 1.29 is 16.8 Å². The minimum Gasteiger partial charge on any atom is -0.359 e. The maximum Gasteiger partial charge on any atom is 0.213 e. The molecule has 2 heterocycles. The van der Waals surface area contributed by atoms with E-state index < -0.39 is 20.0 Å². The van der Waals surface area contributed by atoms with Crippen molar-refractivity contribution in [2.24, 2.45) is 17.6 Å². The molecule has 17 heteroatoms. The summed E-state index contributed by atoms with van der Waals surface area (Å²) in [4.78, 5) is 11.2. The smallest absolute Gasteiger partial charge is 0.213 e. The molecule has 0 saturated heterocycles. The van der Waals surface area contributed by atoms with E-state index in [-0.39, 0.29) is 22.9 Å². The summed E-state index contributed by atoms with van der Waals surface area (Å²) in [5, 5.41) is 3.83. The van der Waals surface area contributed by atoms with E-state index in [0.29, 0.717) is 53.6 Å². The number of rotatable bonds is 13. The molecule has 2 aromatic heterocycles. The summed E-state index contributed by atoms with van der Waals surface area (Å²) in [5.41, 5.74) is 7.82. The van der Waals surface area contributed by atoms with Crippen molar-refractivity contribution in [2.45, 2.75) is 148 Å². The Labute approximate surface area is 375 Å². The Kier molecular flexibility index (Phi) is 23.6. The fourth-order valence-corrected chi connectivity index (χ4v) is 10.6. The minimum atomic E-state index is -3.15. The maximum absolute atomic E-state index is 11.8. The number of thiazole rings is 2. The molecule has 2 aliphatic rings. The molecule has 0 bridgehead atoms. The Morgan fingerprint density at radius 3 is 1.51 bits per heavy atom. The van der Waals surface area contributed by atoms with Crippen molar-refractivity contribution in [3.63, 3.8) is 0 Å². The summed E-state index contributed by atoms with van der Waals surface area (Å²) in [6, 6.07) is 18.2. The predicted octanol–water partition coefficient (Wildman–Crippen LogP) is 9.92. The molecule has 59 heavy (non-hydrogen) atoms. The van der Waals surface area contributed by atoms with Gasteiger partial charge >= 0.3 is 0 Å². The van der Waals surface area contributed by atoms with Crippen LogP contribution in [0.2, 0.25) is 4.47 Å². The van der Waals surface area contributed by atoms with Crippen LogP contribution in [0.1, 0.15) is 114 Å². The molecule has 11 nitrogen and oxygen atoms in total. The van der Waals surface area contributed by atoms with Crippen LogP contribution >= 0.6 is 46.7 Å². The highest BCUT2D eigenvalue weighted by atomic mass is 35.5. The van der Waals surface area contributed by atoms with Crippen LogP contribution in [0.25, 0.3) is 20.4 Å². The molecule has 0 amide bonds. The lowest BCUT2D eigenvalue weighted by molar-refractivity contribution is 0.185. The molecular weight excluding hydrogens is 866 g/mol. The van der Waals surface area contributed by atoms with Gasteiger partial charge in [-0.25, -0.2) is 36.2 Å². The Morgan fingerprint density at radius 1 is 0.695 bits per heavy atom. The van der Waals surface area contributed by atoms with Crippen LogP contribution in [0.15, 0.2) is 48.5 Å². The van der Waals surface area contributed by atoms with Gasteiger partial charge in [-0.05, 0) is 149 Å². The lowest BCUT2D eigenvalue weighted by atomic mass is 9.86. The van der Waals surface area contributed by atoms with Gasteiger partial charge in [0.05, 0.1) is 30.9 Å². The fourth-order valence-electron chi connectivity index (χ4n) is 6.98. The first-order valence-electron chi connectivity index (χ1n) is 20.9. The number of fused-ring (bicyclic) bond motifs is 2. The number of sulfonamides is 2. The average molecular weight is 937 g/mol. The van der Waals surface area contributed by atoms with E-state index in [1.165, 1.54) is 16.0 Å². The summed E-state index contributed by atoms with van der Waals surface area (Å²) in [7, 11) is -6.24. The van der Waals surface area contributed by atoms with Gasteiger partial charge in [0.1, 0.15) is 0 Å². The molecule has 2 aliphatic carbocycles. The Balaban J connectivity index is 0.000000294. The molecule has 4 aromatic rings. The highest BCUT2D eigenvalue weighted by molar-refractivity contribution is 7.90. The normalized spacial score (nSPS) is 19.8. The molecule has 0 radical (unpaired) electrons. The van der Waals surface area contributed by atoms with Gasteiger partial charge in [0.15, 0.2) is 9.60 Å². The fraction of sp³-hybridized carbons (Fsp3) is 0.667. The zero-order valence-electron chi connectivity index (χ0n) is 36.5. The van der Waals surface area contributed by atoms with Gasteiger partial charge in [0, 0.05) is 37.3 Å². The van der Waals surface area contributed by atoms with E-state index >= 15 is 0 Å². The Bertz CT molecular complexity index is 1920. The zero-order valence-corrected chi connectivity index (χ0v) is 41.3. The molecule has 0 atom stereocenters. The van der Waals surface area contributed by atoms with Crippen LogP contribution in [0, 0.1) is 11.8 Å². The third-order valence-electron chi connectivity index (χ3n) is 10.7. The highest BCUT2D eigenvalue weighted by Crippen LogP contribution is 2.31. The monoisotopic (exact) mass is 935 g/mol. The Morgan fingerprint density at radius 2 is 1.12 bits per heavy atom. The number of hydrogen-bond donors (Lipinski definition) is 4. The standard InChI is InChI=1S/C17H25N3O2S2.C10H22N2O2S.C8H19N.C7H4ClNS.ClH/c1-12(2)24(21,22)18-11-13-7-9-14(10-8-13)19-17-20-15-5-3-4-6-16(15)23-17;1-8(2)15(13,14)12-7-9-3-5-10(11)6-4-9;1-6-9(7(2)3)8(4)5;8-7-9-5-3-1-2-4-6(5)10-7;/h3-6,12-14,18H,7-11H2,1-2H3,(H,19,20);8-10,12H,3-7,11H2,1-2H3;7-8H,6H2,1-5H3;1-4H;1H. The number of nitrogens with two attached hydrogens (primary N) is 1. The van der Waals surface area contributed by atoms with Crippen molar-refractivity contribution in [1.82, 2.24) is 24.3 Å². The predicted molar refractivity (Wildman–Crippen MR) is 258 cm³/mol. The molecule has 2 aromatic carbocycles. The first-order chi connectivity index (χ1) is 27.3. The van der Waals surface area contributed by atoms with E-state index in [0.717, 1.165) is 78.8 Å². The van der Waals surface area contributed by atoms with Crippen LogP contribution in [0.5, 0.6) is 0 Å².